The third-order valence-electron chi connectivity index (χ3n) is 4.80. The van der Waals surface area contributed by atoms with Gasteiger partial charge in [-0.3, -0.25) is 4.57 Å². The average Bonchev–Trinajstić information content (AvgIpc) is 3.33. The van der Waals surface area contributed by atoms with Crippen molar-refractivity contribution in [2.45, 2.75) is 18.3 Å². The molecular weight excluding hydrogens is 320 g/mol. The lowest BCUT2D eigenvalue weighted by Gasteiger charge is -2.20. The van der Waals surface area contributed by atoms with Gasteiger partial charge in [0.05, 0.1) is 5.41 Å². The highest BCUT2D eigenvalue weighted by Gasteiger charge is 2.50. The van der Waals surface area contributed by atoms with Crippen molar-refractivity contribution in [1.29, 1.82) is 0 Å². The van der Waals surface area contributed by atoms with E-state index in [9.17, 15) is 0 Å². The molecule has 0 aliphatic heterocycles. The lowest BCUT2D eigenvalue weighted by Crippen LogP contribution is -2.18. The van der Waals surface area contributed by atoms with Crippen molar-refractivity contribution < 1.29 is 0 Å². The van der Waals surface area contributed by atoms with Gasteiger partial charge in [0.1, 0.15) is 5.82 Å². The number of halogens is 1. The van der Waals surface area contributed by atoms with Gasteiger partial charge in [0, 0.05) is 19.8 Å². The summed E-state index contributed by atoms with van der Waals surface area (Å²) in [5.41, 5.74) is 2.49. The predicted octanol–water partition coefficient (Wildman–Crippen LogP) is 4.08. The van der Waals surface area contributed by atoms with Gasteiger partial charge >= 0.3 is 0 Å². The molecule has 2 aromatic carbocycles. The molecule has 1 aromatic heterocycles. The highest BCUT2D eigenvalue weighted by molar-refractivity contribution is 5.85. The van der Waals surface area contributed by atoms with E-state index >= 15 is 0 Å². The highest BCUT2D eigenvalue weighted by atomic mass is 35.5. The minimum Gasteiger partial charge on any atom is -0.314 e. The molecule has 0 amide bonds. The highest BCUT2D eigenvalue weighted by Crippen LogP contribution is 2.53. The number of nitrogens with zero attached hydrogens (tertiary/aromatic N) is 4. The van der Waals surface area contributed by atoms with E-state index in [1.165, 1.54) is 5.56 Å². The molecule has 0 radical (unpaired) electrons. The van der Waals surface area contributed by atoms with E-state index < -0.39 is 0 Å². The molecule has 3 aromatic rings. The molecule has 0 N–H and O–H groups in total. The fourth-order valence-corrected chi connectivity index (χ4v) is 3.32. The molecule has 0 atom stereocenters. The Morgan fingerprint density at radius 2 is 1.50 bits per heavy atom. The predicted molar refractivity (Wildman–Crippen MR) is 99.2 cm³/mol. The Kier molecular flexibility index (Phi) is 4.33. The summed E-state index contributed by atoms with van der Waals surface area (Å²) in [5, 5.41) is 9.01. The van der Waals surface area contributed by atoms with Gasteiger partial charge in [-0.2, -0.15) is 0 Å². The van der Waals surface area contributed by atoms with E-state index in [1.807, 2.05) is 25.2 Å². The largest absolute Gasteiger partial charge is 0.314 e. The summed E-state index contributed by atoms with van der Waals surface area (Å²) in [6, 6.07) is 20.9. The van der Waals surface area contributed by atoms with Gasteiger partial charge in [0.15, 0.2) is 0 Å². The molecule has 1 heterocycles. The van der Waals surface area contributed by atoms with Gasteiger partial charge in [-0.05, 0) is 30.5 Å². The second-order valence-corrected chi connectivity index (χ2v) is 6.23. The Balaban J connectivity index is 0.00000169. The second-order valence-electron chi connectivity index (χ2n) is 6.23. The number of para-hydroxylation sites is 1. The van der Waals surface area contributed by atoms with Gasteiger partial charge in [0.25, 0.3) is 0 Å². The Hall–Kier alpha value is -2.33. The van der Waals surface area contributed by atoms with E-state index in [0.29, 0.717) is 0 Å². The lowest BCUT2D eigenvalue weighted by molar-refractivity contribution is 0.691. The molecular formula is C19H21ClN4. The van der Waals surface area contributed by atoms with E-state index in [1.54, 1.807) is 0 Å². The number of anilines is 2. The quantitative estimate of drug-likeness (QED) is 0.717. The zero-order valence-corrected chi connectivity index (χ0v) is 14.7. The topological polar surface area (TPSA) is 34.0 Å². The first-order valence-corrected chi connectivity index (χ1v) is 7.96. The molecule has 0 unspecified atom stereocenters. The van der Waals surface area contributed by atoms with Gasteiger partial charge in [-0.25, -0.2) is 0 Å². The van der Waals surface area contributed by atoms with Crippen LogP contribution < -0.4 is 4.90 Å². The standard InChI is InChI=1S/C19H20N4.ClH/c1-22(16-11-7-4-8-12-16)18-21-20-17(23(18)2)19(13-14-19)15-9-5-3-6-10-15;/h3-12H,13-14H2,1-2H3;1H. The maximum atomic E-state index is 4.54. The Bertz CT molecular complexity index is 810. The molecule has 124 valence electrons. The van der Waals surface area contributed by atoms with E-state index in [0.717, 1.165) is 30.3 Å². The van der Waals surface area contributed by atoms with Crippen LogP contribution in [-0.4, -0.2) is 21.8 Å². The van der Waals surface area contributed by atoms with Crippen LogP contribution >= 0.6 is 12.4 Å². The van der Waals surface area contributed by atoms with Crippen molar-refractivity contribution in [3.8, 4) is 0 Å². The van der Waals surface area contributed by atoms with Gasteiger partial charge < -0.3 is 4.90 Å². The second kappa shape index (κ2) is 6.29. The first-order valence-electron chi connectivity index (χ1n) is 7.96. The summed E-state index contributed by atoms with van der Waals surface area (Å²) < 4.78 is 2.13. The van der Waals surface area contributed by atoms with Crippen LogP contribution in [0.3, 0.4) is 0 Å². The molecule has 0 saturated heterocycles. The van der Waals surface area contributed by atoms with Crippen molar-refractivity contribution in [2.75, 3.05) is 11.9 Å². The molecule has 1 fully saturated rings. The Labute approximate surface area is 148 Å². The molecule has 4 rings (SSSR count). The van der Waals surface area contributed by atoms with E-state index in [-0.39, 0.29) is 17.8 Å². The minimum atomic E-state index is 0. The number of aromatic nitrogens is 3. The van der Waals surface area contributed by atoms with Crippen LogP contribution in [-0.2, 0) is 12.5 Å². The third kappa shape index (κ3) is 2.57. The smallest absolute Gasteiger partial charge is 0.231 e. The molecule has 4 nitrogen and oxygen atoms in total. The molecule has 0 spiro atoms. The zero-order valence-electron chi connectivity index (χ0n) is 13.9. The summed E-state index contributed by atoms with van der Waals surface area (Å²) in [6.07, 6.45) is 2.27. The first-order chi connectivity index (χ1) is 11.2. The molecule has 24 heavy (non-hydrogen) atoms. The van der Waals surface area contributed by atoms with Crippen molar-refractivity contribution >= 4 is 24.0 Å². The van der Waals surface area contributed by atoms with Crippen LogP contribution in [0.1, 0.15) is 24.2 Å². The first kappa shape index (κ1) is 16.5. The fraction of sp³-hybridized carbons (Fsp3) is 0.263. The van der Waals surface area contributed by atoms with Crippen LogP contribution in [0.2, 0.25) is 0 Å². The molecule has 5 heteroatoms. The van der Waals surface area contributed by atoms with Crippen molar-refractivity contribution in [1.82, 2.24) is 14.8 Å². The summed E-state index contributed by atoms with van der Waals surface area (Å²) in [5.74, 6) is 1.93. The summed E-state index contributed by atoms with van der Waals surface area (Å²) in [7, 11) is 4.10. The maximum absolute atomic E-state index is 4.54. The van der Waals surface area contributed by atoms with Crippen LogP contribution in [0.25, 0.3) is 0 Å². The number of hydrogen-bond acceptors (Lipinski definition) is 3. The van der Waals surface area contributed by atoms with Crippen LogP contribution in [0, 0.1) is 0 Å². The summed E-state index contributed by atoms with van der Waals surface area (Å²) >= 11 is 0. The molecule has 1 aliphatic carbocycles. The van der Waals surface area contributed by atoms with Gasteiger partial charge in [-0.1, -0.05) is 48.5 Å². The van der Waals surface area contributed by atoms with Crippen molar-refractivity contribution in [3.63, 3.8) is 0 Å². The maximum Gasteiger partial charge on any atom is 0.231 e. The van der Waals surface area contributed by atoms with Crippen LogP contribution in [0.5, 0.6) is 0 Å². The molecule has 0 bridgehead atoms. The molecule has 1 aliphatic rings. The van der Waals surface area contributed by atoms with E-state index in [2.05, 4.69) is 69.2 Å². The lowest BCUT2D eigenvalue weighted by atomic mass is 9.95. The van der Waals surface area contributed by atoms with Crippen LogP contribution in [0.4, 0.5) is 11.6 Å². The van der Waals surface area contributed by atoms with Crippen molar-refractivity contribution in [2.24, 2.45) is 7.05 Å². The normalized spacial score (nSPS) is 14.8. The number of rotatable bonds is 4. The number of benzene rings is 2. The van der Waals surface area contributed by atoms with Crippen molar-refractivity contribution in [3.05, 3.63) is 72.1 Å². The summed E-state index contributed by atoms with van der Waals surface area (Å²) in [4.78, 5) is 2.08. The molecule has 1 saturated carbocycles. The van der Waals surface area contributed by atoms with Gasteiger partial charge in [-0.15, -0.1) is 22.6 Å². The Morgan fingerprint density at radius 3 is 2.08 bits per heavy atom. The van der Waals surface area contributed by atoms with Gasteiger partial charge in [0.2, 0.25) is 5.95 Å². The SMILES string of the molecule is CN(c1ccccc1)c1nnc(C2(c3ccccc3)CC2)n1C.Cl. The summed E-state index contributed by atoms with van der Waals surface area (Å²) in [6.45, 7) is 0. The monoisotopic (exact) mass is 340 g/mol. The minimum absolute atomic E-state index is 0. The Morgan fingerprint density at radius 1 is 0.917 bits per heavy atom. The van der Waals surface area contributed by atoms with E-state index in [4.69, 9.17) is 0 Å². The zero-order chi connectivity index (χ0) is 15.9. The average molecular weight is 341 g/mol. The fourth-order valence-electron chi connectivity index (χ4n) is 3.32. The third-order valence-corrected chi connectivity index (χ3v) is 4.80. The van der Waals surface area contributed by atoms with Crippen LogP contribution in [0.15, 0.2) is 60.7 Å². The number of hydrogen-bond donors (Lipinski definition) is 0.